The number of nitrogens with zero attached hydrogens (tertiary/aromatic N) is 1. The van der Waals surface area contributed by atoms with E-state index in [9.17, 15) is 9.59 Å². The molecule has 150 valence electrons. The van der Waals surface area contributed by atoms with Crippen molar-refractivity contribution in [3.8, 4) is 0 Å². The number of carbonyl (C=O) groups excluding carboxylic acids is 2. The lowest BCUT2D eigenvalue weighted by atomic mass is 9.47. The highest BCUT2D eigenvalue weighted by Crippen LogP contribution is 2.66. The van der Waals surface area contributed by atoms with E-state index in [2.05, 4.69) is 32.6 Å². The predicted molar refractivity (Wildman–Crippen MR) is 108 cm³/mol. The molecular formula is C24H37NO2. The quantitative estimate of drug-likeness (QED) is 0.700. The third-order valence-corrected chi connectivity index (χ3v) is 9.34. The molecular weight excluding hydrogens is 334 g/mol. The third kappa shape index (κ3) is 2.75. The van der Waals surface area contributed by atoms with E-state index in [-0.39, 0.29) is 16.7 Å². The molecule has 0 unspecified atom stereocenters. The second-order valence-electron chi connectivity index (χ2n) is 10.2. The fourth-order valence-electron chi connectivity index (χ4n) is 7.72. The van der Waals surface area contributed by atoms with Crippen molar-refractivity contribution in [2.45, 2.75) is 79.1 Å². The van der Waals surface area contributed by atoms with Gasteiger partial charge in [0, 0.05) is 25.4 Å². The van der Waals surface area contributed by atoms with Gasteiger partial charge in [0.15, 0.2) is 5.78 Å². The molecule has 6 atom stereocenters. The molecule has 3 heteroatoms. The zero-order valence-electron chi connectivity index (χ0n) is 17.7. The summed E-state index contributed by atoms with van der Waals surface area (Å²) in [5.41, 5.74) is 1.86. The maximum Gasteiger partial charge on any atom is 0.226 e. The van der Waals surface area contributed by atoms with Crippen LogP contribution >= 0.6 is 0 Å². The normalized spacial score (nSPS) is 43.4. The molecule has 1 amide bonds. The van der Waals surface area contributed by atoms with Crippen LogP contribution in [-0.4, -0.2) is 29.7 Å². The first kappa shape index (κ1) is 19.2. The van der Waals surface area contributed by atoms with Crippen LogP contribution in [-0.2, 0) is 9.59 Å². The summed E-state index contributed by atoms with van der Waals surface area (Å²) >= 11 is 0. The highest BCUT2D eigenvalue weighted by molar-refractivity contribution is 5.91. The molecule has 4 rings (SSSR count). The molecule has 0 N–H and O–H groups in total. The van der Waals surface area contributed by atoms with Gasteiger partial charge in [0.25, 0.3) is 0 Å². The van der Waals surface area contributed by atoms with E-state index in [0.29, 0.717) is 23.5 Å². The van der Waals surface area contributed by atoms with E-state index in [0.717, 1.165) is 44.7 Å². The highest BCUT2D eigenvalue weighted by atomic mass is 16.2. The average Bonchev–Trinajstić information content (AvgIpc) is 3.00. The second kappa shape index (κ2) is 6.74. The lowest BCUT2D eigenvalue weighted by Crippen LogP contribution is -2.52. The Kier molecular flexibility index (Phi) is 4.79. The van der Waals surface area contributed by atoms with E-state index < -0.39 is 0 Å². The Morgan fingerprint density at radius 1 is 1.04 bits per heavy atom. The molecule has 0 aliphatic heterocycles. The average molecular weight is 372 g/mol. The number of hydrogen-bond donors (Lipinski definition) is 0. The van der Waals surface area contributed by atoms with Crippen molar-refractivity contribution in [2.75, 3.05) is 13.1 Å². The first-order valence-corrected chi connectivity index (χ1v) is 11.4. The van der Waals surface area contributed by atoms with Crippen LogP contribution < -0.4 is 0 Å². The zero-order chi connectivity index (χ0) is 19.4. The SMILES string of the molecule is CCN(CC)C(=O)[C@H]1CC[C@H]2[C@@H]3CCC4=CC(=O)CC[C@]4(C)[C@H]3CC[C@]12C. The minimum Gasteiger partial charge on any atom is -0.343 e. The fourth-order valence-corrected chi connectivity index (χ4v) is 7.72. The van der Waals surface area contributed by atoms with Gasteiger partial charge in [0.1, 0.15) is 0 Å². The largest absolute Gasteiger partial charge is 0.343 e. The summed E-state index contributed by atoms with van der Waals surface area (Å²) in [5, 5.41) is 0. The van der Waals surface area contributed by atoms with Crippen LogP contribution in [0.25, 0.3) is 0 Å². The molecule has 4 aliphatic rings. The zero-order valence-corrected chi connectivity index (χ0v) is 17.7. The van der Waals surface area contributed by atoms with Crippen LogP contribution in [0.4, 0.5) is 0 Å². The number of allylic oxidation sites excluding steroid dienone is 1. The third-order valence-electron chi connectivity index (χ3n) is 9.34. The van der Waals surface area contributed by atoms with Crippen LogP contribution in [0.5, 0.6) is 0 Å². The van der Waals surface area contributed by atoms with Crippen LogP contribution in [0.15, 0.2) is 11.6 Å². The Balaban J connectivity index is 1.60. The Bertz CT molecular complexity index is 663. The molecule has 0 bridgehead atoms. The molecule has 3 saturated carbocycles. The molecule has 0 saturated heterocycles. The van der Waals surface area contributed by atoms with Gasteiger partial charge in [-0.1, -0.05) is 19.4 Å². The van der Waals surface area contributed by atoms with Gasteiger partial charge < -0.3 is 4.90 Å². The van der Waals surface area contributed by atoms with Gasteiger partial charge in [-0.05, 0) is 93.5 Å². The molecule has 0 spiro atoms. The molecule has 4 aliphatic carbocycles. The molecule has 0 heterocycles. The summed E-state index contributed by atoms with van der Waals surface area (Å²) in [6, 6.07) is 0. The monoisotopic (exact) mass is 371 g/mol. The summed E-state index contributed by atoms with van der Waals surface area (Å²) in [7, 11) is 0. The van der Waals surface area contributed by atoms with Gasteiger partial charge in [-0.2, -0.15) is 0 Å². The number of fused-ring (bicyclic) bond motifs is 5. The van der Waals surface area contributed by atoms with Crippen LogP contribution in [0.1, 0.15) is 79.1 Å². The molecule has 3 nitrogen and oxygen atoms in total. The van der Waals surface area contributed by atoms with Gasteiger partial charge >= 0.3 is 0 Å². The van der Waals surface area contributed by atoms with Crippen molar-refractivity contribution < 1.29 is 9.59 Å². The maximum absolute atomic E-state index is 13.2. The maximum atomic E-state index is 13.2. The fraction of sp³-hybridized carbons (Fsp3) is 0.833. The van der Waals surface area contributed by atoms with Crippen molar-refractivity contribution in [3.05, 3.63) is 11.6 Å². The van der Waals surface area contributed by atoms with Gasteiger partial charge in [-0.3, -0.25) is 9.59 Å². The van der Waals surface area contributed by atoms with Gasteiger partial charge in [0.05, 0.1) is 0 Å². The van der Waals surface area contributed by atoms with Gasteiger partial charge in [0.2, 0.25) is 5.91 Å². The second-order valence-corrected chi connectivity index (χ2v) is 10.2. The summed E-state index contributed by atoms with van der Waals surface area (Å²) in [5.74, 6) is 3.12. The molecule has 0 aromatic carbocycles. The van der Waals surface area contributed by atoms with E-state index in [4.69, 9.17) is 0 Å². The topological polar surface area (TPSA) is 37.4 Å². The minimum absolute atomic E-state index is 0.183. The Hall–Kier alpha value is -1.12. The summed E-state index contributed by atoms with van der Waals surface area (Å²) in [4.78, 5) is 27.3. The van der Waals surface area contributed by atoms with Crippen LogP contribution in [0.3, 0.4) is 0 Å². The standard InChI is InChI=1S/C24H37NO2/c1-5-25(6-2)22(27)21-10-9-19-18-8-7-16-15-17(26)11-13-23(16,3)20(18)12-14-24(19,21)4/h15,18-21H,5-14H2,1-4H3/t18-,19-,20-,21+,23-,24-/m0/s1. The number of carbonyl (C=O) groups is 2. The van der Waals surface area contributed by atoms with E-state index in [1.165, 1.54) is 31.3 Å². The minimum atomic E-state index is 0.183. The van der Waals surface area contributed by atoms with E-state index in [1.54, 1.807) is 0 Å². The summed E-state index contributed by atoms with van der Waals surface area (Å²) < 4.78 is 0. The van der Waals surface area contributed by atoms with Crippen LogP contribution in [0.2, 0.25) is 0 Å². The van der Waals surface area contributed by atoms with E-state index >= 15 is 0 Å². The molecule has 27 heavy (non-hydrogen) atoms. The number of ketones is 1. The Morgan fingerprint density at radius 3 is 2.48 bits per heavy atom. The number of amides is 1. The highest BCUT2D eigenvalue weighted by Gasteiger charge is 2.60. The Morgan fingerprint density at radius 2 is 1.78 bits per heavy atom. The smallest absolute Gasteiger partial charge is 0.226 e. The van der Waals surface area contributed by atoms with E-state index in [1.807, 2.05) is 6.08 Å². The summed E-state index contributed by atoms with van der Waals surface area (Å²) in [6.07, 6.45) is 10.8. The van der Waals surface area contributed by atoms with Gasteiger partial charge in [-0.15, -0.1) is 0 Å². The van der Waals surface area contributed by atoms with Crippen LogP contribution in [0, 0.1) is 34.5 Å². The van der Waals surface area contributed by atoms with Crippen molar-refractivity contribution in [2.24, 2.45) is 34.5 Å². The lowest BCUT2D eigenvalue weighted by molar-refractivity contribution is -0.142. The molecule has 3 fully saturated rings. The molecule has 0 aromatic rings. The van der Waals surface area contributed by atoms with Crippen molar-refractivity contribution in [3.63, 3.8) is 0 Å². The van der Waals surface area contributed by atoms with Crippen molar-refractivity contribution in [1.29, 1.82) is 0 Å². The van der Waals surface area contributed by atoms with Crippen molar-refractivity contribution in [1.82, 2.24) is 4.90 Å². The Labute approximate surface area is 165 Å². The molecule has 0 radical (unpaired) electrons. The molecule has 0 aromatic heterocycles. The lowest BCUT2D eigenvalue weighted by Gasteiger charge is -2.58. The first-order chi connectivity index (χ1) is 12.8. The van der Waals surface area contributed by atoms with Crippen molar-refractivity contribution >= 4 is 11.7 Å². The predicted octanol–water partition coefficient (Wildman–Crippen LogP) is 5.00. The van der Waals surface area contributed by atoms with Gasteiger partial charge in [-0.25, -0.2) is 0 Å². The number of rotatable bonds is 3. The first-order valence-electron chi connectivity index (χ1n) is 11.4. The number of hydrogen-bond acceptors (Lipinski definition) is 2. The summed E-state index contributed by atoms with van der Waals surface area (Å²) in [6.45, 7) is 10.8.